The molecule has 5 aliphatic heterocycles. The van der Waals surface area contributed by atoms with E-state index in [0.717, 1.165) is 78.3 Å². The summed E-state index contributed by atoms with van der Waals surface area (Å²) in [6.07, 6.45) is 14.2. The summed E-state index contributed by atoms with van der Waals surface area (Å²) in [7, 11) is 0. The minimum absolute atomic E-state index is 0.0378. The number of hydrogen-bond acceptors (Lipinski definition) is 12. The Morgan fingerprint density at radius 3 is 1.55 bits per heavy atom. The van der Waals surface area contributed by atoms with Crippen molar-refractivity contribution in [1.29, 1.82) is 0 Å². The maximum atomic E-state index is 10.1. The first-order valence-electron chi connectivity index (χ1n) is 30.3. The van der Waals surface area contributed by atoms with E-state index >= 15 is 0 Å². The van der Waals surface area contributed by atoms with Crippen molar-refractivity contribution in [2.24, 2.45) is 33.5 Å². The lowest BCUT2D eigenvalue weighted by molar-refractivity contribution is -0.103. The van der Waals surface area contributed by atoms with Gasteiger partial charge in [-0.25, -0.2) is 0 Å². The number of aromatic hydroxyl groups is 1. The van der Waals surface area contributed by atoms with Crippen LogP contribution < -0.4 is 4.90 Å². The molecule has 9 atom stereocenters. The van der Waals surface area contributed by atoms with Crippen molar-refractivity contribution in [3.05, 3.63) is 35.9 Å². The van der Waals surface area contributed by atoms with E-state index < -0.39 is 0 Å². The number of allylic oxidation sites excluding steroid dienone is 2. The van der Waals surface area contributed by atoms with E-state index in [9.17, 15) is 20.4 Å². The van der Waals surface area contributed by atoms with E-state index in [1.165, 1.54) is 36.9 Å². The maximum absolute atomic E-state index is 10.1. The van der Waals surface area contributed by atoms with Crippen LogP contribution in [0.3, 0.4) is 0 Å². The molecular weight excluding hydrogens is 965 g/mol. The molecule has 1 aromatic rings. The van der Waals surface area contributed by atoms with E-state index in [1.807, 2.05) is 12.1 Å². The summed E-state index contributed by atoms with van der Waals surface area (Å²) in [4.78, 5) is 10.2. The zero-order chi connectivity index (χ0) is 58.0. The smallest absolute Gasteiger partial charge is 0.116 e. The molecule has 2 bridgehead atoms. The molecule has 4 saturated heterocycles. The largest absolute Gasteiger partial charge is 0.508 e. The number of phenolic OH excluding ortho intramolecular Hbond substituents is 1. The topological polar surface area (TPSA) is 131 Å². The molecule has 446 valence electrons. The second kappa shape index (κ2) is 25.3. The van der Waals surface area contributed by atoms with Crippen LogP contribution in [-0.2, 0) is 25.4 Å². The van der Waals surface area contributed by atoms with Crippen molar-refractivity contribution in [2.75, 3.05) is 77.3 Å². The molecule has 77 heavy (non-hydrogen) atoms. The fourth-order valence-electron chi connectivity index (χ4n) is 14.5. The zero-order valence-corrected chi connectivity index (χ0v) is 53.2. The molecule has 8 rings (SSSR count). The first-order valence-corrected chi connectivity index (χ1v) is 30.3. The number of fused-ring (bicyclic) bond motifs is 5. The molecule has 5 fully saturated rings. The molecule has 0 amide bonds. The van der Waals surface area contributed by atoms with Crippen LogP contribution in [0.4, 0.5) is 5.69 Å². The second-order valence-electron chi connectivity index (χ2n) is 30.7. The number of ether oxygens (including phenoxy) is 4. The third-order valence-electron chi connectivity index (χ3n) is 18.9. The first kappa shape index (κ1) is 66.0. The van der Waals surface area contributed by atoms with Crippen LogP contribution in [0.15, 0.2) is 30.4 Å². The predicted octanol–water partition coefficient (Wildman–Crippen LogP) is 11.5. The van der Waals surface area contributed by atoms with E-state index in [2.05, 4.69) is 177 Å². The maximum Gasteiger partial charge on any atom is 0.116 e. The summed E-state index contributed by atoms with van der Waals surface area (Å²) < 4.78 is 23.6. The number of benzene rings is 1. The first-order chi connectivity index (χ1) is 35.4. The Bertz CT molecular complexity index is 2020. The molecule has 1 saturated carbocycles. The fraction of sp³-hybridized carbons (Fsp3) is 0.877. The quantitative estimate of drug-likeness (QED) is 0.125. The third-order valence-corrected chi connectivity index (χ3v) is 18.9. The Morgan fingerprint density at radius 2 is 1.08 bits per heavy atom. The van der Waals surface area contributed by atoms with Crippen molar-refractivity contribution in [2.45, 2.75) is 261 Å². The number of nitrogens with zero attached hydrogens (tertiary/aromatic N) is 4. The lowest BCUT2D eigenvalue weighted by atomic mass is 9.50. The van der Waals surface area contributed by atoms with Crippen molar-refractivity contribution in [1.82, 2.24) is 14.7 Å². The summed E-state index contributed by atoms with van der Waals surface area (Å²) in [5.41, 5.74) is 3.39. The molecule has 4 N–H and O–H groups in total. The van der Waals surface area contributed by atoms with Gasteiger partial charge in [-0.1, -0.05) is 12.2 Å². The Hall–Kier alpha value is -1.84. The second-order valence-corrected chi connectivity index (χ2v) is 30.7. The van der Waals surface area contributed by atoms with Gasteiger partial charge < -0.3 is 44.3 Å². The number of anilines is 1. The number of rotatable bonds is 15. The van der Waals surface area contributed by atoms with Crippen LogP contribution >= 0.6 is 0 Å². The van der Waals surface area contributed by atoms with Gasteiger partial charge in [-0.05, 0) is 226 Å². The SMILES string of the molecule is CC(C)(C)OCCC12CCC1(CO)CN(C(C)(C)C)C2.CC(C)OCC12CC=CCC1(CO)CN(C(C)(C)C)C2.CC(C)OCC1C(CO)C2CCC1N2C(C)(C)C.CC(C)OCC1Cc2cc(O)ccc2N1C(C)(C)C. The van der Waals surface area contributed by atoms with Gasteiger partial charge in [0.15, 0.2) is 0 Å². The molecule has 0 aromatic heterocycles. The average Bonchev–Trinajstić information content (AvgIpc) is 4.11. The Labute approximate surface area is 471 Å². The van der Waals surface area contributed by atoms with E-state index in [1.54, 1.807) is 6.07 Å². The number of aliphatic hydroxyl groups is 3. The minimum atomic E-state index is -0.0649. The molecule has 1 aromatic carbocycles. The van der Waals surface area contributed by atoms with E-state index in [-0.39, 0.29) is 74.3 Å². The molecule has 0 radical (unpaired) electrons. The number of phenols is 1. The summed E-state index contributed by atoms with van der Waals surface area (Å²) in [5, 5.41) is 39.5. The van der Waals surface area contributed by atoms with Gasteiger partial charge in [0.05, 0.1) is 63.0 Å². The van der Waals surface area contributed by atoms with Crippen LogP contribution in [0.5, 0.6) is 5.75 Å². The summed E-state index contributed by atoms with van der Waals surface area (Å²) >= 11 is 0. The fourth-order valence-corrected chi connectivity index (χ4v) is 14.5. The summed E-state index contributed by atoms with van der Waals surface area (Å²) in [6, 6.07) is 7.17. The van der Waals surface area contributed by atoms with Gasteiger partial charge in [-0.3, -0.25) is 14.7 Å². The molecule has 12 nitrogen and oxygen atoms in total. The number of likely N-dealkylation sites (tertiary alicyclic amines) is 2. The van der Waals surface area contributed by atoms with E-state index in [4.69, 9.17) is 18.9 Å². The van der Waals surface area contributed by atoms with Gasteiger partial charge in [0.1, 0.15) is 5.75 Å². The highest BCUT2D eigenvalue weighted by Gasteiger charge is 2.64. The lowest BCUT2D eigenvalue weighted by Gasteiger charge is -2.54. The minimum Gasteiger partial charge on any atom is -0.508 e. The van der Waals surface area contributed by atoms with Crippen LogP contribution in [-0.4, -0.2) is 172 Å². The van der Waals surface area contributed by atoms with Gasteiger partial charge in [0.25, 0.3) is 0 Å². The van der Waals surface area contributed by atoms with Crippen molar-refractivity contribution >= 4 is 5.69 Å². The number of hydrogen-bond donors (Lipinski definition) is 4. The Balaban J connectivity index is 0.000000189. The molecule has 2 aliphatic carbocycles. The standard InChI is InChI=1S/C17H33NO2.C17H31NO2.C16H25NO2.C15H29NO2/c1-14(2,3)18-11-16(9-10-20-15(4,5)6)7-8-17(16,12-18)13-19;1-14(2)20-13-17-9-7-6-8-16(17,12-19)10-18(11-17)15(3,4)5;1-11(2)19-10-13-8-12-9-14(18)6-7-15(12)17(13)16(3,4)5;1-10(2)18-9-12-11(8-17)13-6-7-14(12)16(13)15(3,4)5/h19H,7-13H2,1-6H3;6-7,14,19H,8-13H2,1-5H3;6-7,9,11,13,18H,8,10H2,1-5H3;10-14,17H,6-9H2,1-5H3. The predicted molar refractivity (Wildman–Crippen MR) is 318 cm³/mol. The van der Waals surface area contributed by atoms with Gasteiger partial charge >= 0.3 is 0 Å². The normalized spacial score (nSPS) is 31.4. The highest BCUT2D eigenvalue weighted by atomic mass is 16.5. The van der Waals surface area contributed by atoms with Crippen molar-refractivity contribution in [3.63, 3.8) is 0 Å². The van der Waals surface area contributed by atoms with Crippen LogP contribution in [0.2, 0.25) is 0 Å². The molecule has 12 heteroatoms. The summed E-state index contributed by atoms with van der Waals surface area (Å²) in [5.74, 6) is 1.26. The van der Waals surface area contributed by atoms with Gasteiger partial charge in [0.2, 0.25) is 0 Å². The van der Waals surface area contributed by atoms with Gasteiger partial charge in [-0.15, -0.1) is 0 Å². The average molecular weight is 1080 g/mol. The summed E-state index contributed by atoms with van der Waals surface area (Å²) in [6.45, 7) is 54.1. The molecule has 0 spiro atoms. The Kier molecular flexibility index (Phi) is 21.7. The molecule has 5 heterocycles. The van der Waals surface area contributed by atoms with Crippen LogP contribution in [0, 0.1) is 33.5 Å². The highest BCUT2D eigenvalue weighted by Crippen LogP contribution is 2.64. The van der Waals surface area contributed by atoms with E-state index in [0.29, 0.717) is 48.9 Å². The van der Waals surface area contributed by atoms with Gasteiger partial charge in [-0.2, -0.15) is 0 Å². The lowest BCUT2D eigenvalue weighted by Crippen LogP contribution is -2.53. The number of aliphatic hydroxyl groups excluding tert-OH is 3. The molecule has 7 aliphatic rings. The Morgan fingerprint density at radius 1 is 0.584 bits per heavy atom. The molecular formula is C65H118N4O8. The molecule has 9 unspecified atom stereocenters. The van der Waals surface area contributed by atoms with Crippen molar-refractivity contribution in [3.8, 4) is 5.75 Å². The van der Waals surface area contributed by atoms with Crippen molar-refractivity contribution < 1.29 is 39.4 Å². The third kappa shape index (κ3) is 15.4. The van der Waals surface area contributed by atoms with Gasteiger partial charge in [0, 0.05) is 107 Å². The monoisotopic (exact) mass is 1080 g/mol. The van der Waals surface area contributed by atoms with Crippen LogP contribution in [0.1, 0.15) is 196 Å². The highest BCUT2D eigenvalue weighted by molar-refractivity contribution is 5.63. The zero-order valence-electron chi connectivity index (χ0n) is 53.2. The van der Waals surface area contributed by atoms with Crippen LogP contribution in [0.25, 0.3) is 0 Å².